The standard InChI is InChI=1S/C16H22ClNO2S/c17-10-3-11-18(15-6-2-7-15)21(19,20)16-9-8-13-4-1-5-14(13)12-16/h8-9,12,15H,1-7,10-11H2. The molecule has 0 radical (unpaired) electrons. The van der Waals surface area contributed by atoms with Crippen molar-refractivity contribution in [2.24, 2.45) is 0 Å². The molecule has 0 N–H and O–H groups in total. The summed E-state index contributed by atoms with van der Waals surface area (Å²) in [6.07, 6.45) is 7.01. The third-order valence-corrected chi connectivity index (χ3v) is 6.89. The van der Waals surface area contributed by atoms with Crippen molar-refractivity contribution >= 4 is 21.6 Å². The Hall–Kier alpha value is -0.580. The topological polar surface area (TPSA) is 37.4 Å². The molecule has 1 aromatic rings. The van der Waals surface area contributed by atoms with Gasteiger partial charge in [-0.3, -0.25) is 0 Å². The summed E-state index contributed by atoms with van der Waals surface area (Å²) >= 11 is 5.76. The number of sulfonamides is 1. The second-order valence-electron chi connectivity index (χ2n) is 6.03. The predicted molar refractivity (Wildman–Crippen MR) is 85.3 cm³/mol. The third kappa shape index (κ3) is 2.99. The summed E-state index contributed by atoms with van der Waals surface area (Å²) in [4.78, 5) is 0.463. The SMILES string of the molecule is O=S(=O)(c1ccc2c(c1)CCC2)N(CCCCl)C1CCC1. The van der Waals surface area contributed by atoms with Gasteiger partial charge in [0.25, 0.3) is 0 Å². The van der Waals surface area contributed by atoms with Crippen LogP contribution in [0, 0.1) is 0 Å². The smallest absolute Gasteiger partial charge is 0.207 e. The van der Waals surface area contributed by atoms with Crippen LogP contribution in [0.4, 0.5) is 0 Å². The molecule has 3 rings (SSSR count). The maximum atomic E-state index is 13.0. The summed E-state index contributed by atoms with van der Waals surface area (Å²) in [5.74, 6) is 0.503. The number of rotatable bonds is 6. The van der Waals surface area contributed by atoms with Crippen LogP contribution >= 0.6 is 11.6 Å². The number of benzene rings is 1. The molecule has 0 unspecified atom stereocenters. The summed E-state index contributed by atoms with van der Waals surface area (Å²) in [5, 5.41) is 0. The average molecular weight is 328 g/mol. The fourth-order valence-corrected chi connectivity index (χ4v) is 5.13. The van der Waals surface area contributed by atoms with Crippen LogP contribution in [0.2, 0.25) is 0 Å². The fraction of sp³-hybridized carbons (Fsp3) is 0.625. The van der Waals surface area contributed by atoms with Gasteiger partial charge < -0.3 is 0 Å². The molecule has 2 aliphatic rings. The highest BCUT2D eigenvalue weighted by molar-refractivity contribution is 7.89. The second kappa shape index (κ2) is 6.27. The van der Waals surface area contributed by atoms with Gasteiger partial charge in [0, 0.05) is 18.5 Å². The normalized spacial score (nSPS) is 18.8. The van der Waals surface area contributed by atoms with Crippen molar-refractivity contribution in [3.8, 4) is 0 Å². The molecule has 0 heterocycles. The predicted octanol–water partition coefficient (Wildman–Crippen LogP) is 3.35. The summed E-state index contributed by atoms with van der Waals surface area (Å²) in [7, 11) is -3.38. The van der Waals surface area contributed by atoms with E-state index in [9.17, 15) is 8.42 Å². The molecule has 0 amide bonds. The average Bonchev–Trinajstić information content (AvgIpc) is 2.88. The van der Waals surface area contributed by atoms with E-state index in [2.05, 4.69) is 0 Å². The van der Waals surface area contributed by atoms with E-state index in [4.69, 9.17) is 11.6 Å². The summed E-state index contributed by atoms with van der Waals surface area (Å²) in [6.45, 7) is 0.535. The molecule has 0 saturated heterocycles. The van der Waals surface area contributed by atoms with Crippen molar-refractivity contribution in [1.82, 2.24) is 4.31 Å². The third-order valence-electron chi connectivity index (χ3n) is 4.67. The molecular formula is C16H22ClNO2S. The Morgan fingerprint density at radius 3 is 2.57 bits per heavy atom. The van der Waals surface area contributed by atoms with Crippen molar-refractivity contribution < 1.29 is 8.42 Å². The van der Waals surface area contributed by atoms with Gasteiger partial charge in [-0.2, -0.15) is 4.31 Å². The lowest BCUT2D eigenvalue weighted by Gasteiger charge is -2.36. The maximum Gasteiger partial charge on any atom is 0.243 e. The lowest BCUT2D eigenvalue weighted by molar-refractivity contribution is 0.220. The Labute approximate surface area is 132 Å². The Balaban J connectivity index is 1.89. The zero-order chi connectivity index (χ0) is 14.9. The Kier molecular flexibility index (Phi) is 4.57. The first-order valence-electron chi connectivity index (χ1n) is 7.82. The molecule has 1 fully saturated rings. The van der Waals surface area contributed by atoms with E-state index < -0.39 is 10.0 Å². The highest BCUT2D eigenvalue weighted by atomic mass is 35.5. The molecule has 21 heavy (non-hydrogen) atoms. The van der Waals surface area contributed by atoms with E-state index in [0.29, 0.717) is 23.7 Å². The van der Waals surface area contributed by atoms with E-state index in [1.54, 1.807) is 10.4 Å². The van der Waals surface area contributed by atoms with Crippen molar-refractivity contribution in [1.29, 1.82) is 0 Å². The number of fused-ring (bicyclic) bond motifs is 1. The maximum absolute atomic E-state index is 13.0. The monoisotopic (exact) mass is 327 g/mol. The van der Waals surface area contributed by atoms with Crippen LogP contribution < -0.4 is 0 Å². The van der Waals surface area contributed by atoms with Crippen LogP contribution in [-0.4, -0.2) is 31.2 Å². The van der Waals surface area contributed by atoms with Crippen LogP contribution in [0.5, 0.6) is 0 Å². The quantitative estimate of drug-likeness (QED) is 0.751. The highest BCUT2D eigenvalue weighted by Crippen LogP contribution is 2.32. The molecule has 3 nitrogen and oxygen atoms in total. The van der Waals surface area contributed by atoms with Crippen LogP contribution in [-0.2, 0) is 22.9 Å². The van der Waals surface area contributed by atoms with E-state index >= 15 is 0 Å². The molecule has 0 aromatic heterocycles. The van der Waals surface area contributed by atoms with Crippen molar-refractivity contribution in [2.75, 3.05) is 12.4 Å². The van der Waals surface area contributed by atoms with E-state index in [1.807, 2.05) is 12.1 Å². The summed E-state index contributed by atoms with van der Waals surface area (Å²) in [5.41, 5.74) is 2.52. The molecule has 0 aliphatic heterocycles. The molecule has 1 aromatic carbocycles. The first kappa shape index (κ1) is 15.3. The van der Waals surface area contributed by atoms with Crippen LogP contribution in [0.25, 0.3) is 0 Å². The van der Waals surface area contributed by atoms with Gasteiger partial charge in [0.2, 0.25) is 10.0 Å². The molecule has 116 valence electrons. The van der Waals surface area contributed by atoms with Gasteiger partial charge in [-0.05, 0) is 61.8 Å². The zero-order valence-electron chi connectivity index (χ0n) is 12.2. The number of alkyl halides is 1. The number of halogens is 1. The minimum Gasteiger partial charge on any atom is -0.207 e. The molecule has 1 saturated carbocycles. The lowest BCUT2D eigenvalue weighted by Crippen LogP contribution is -2.44. The van der Waals surface area contributed by atoms with Crippen LogP contribution in [0.1, 0.15) is 43.2 Å². The number of hydrogen-bond acceptors (Lipinski definition) is 2. The van der Waals surface area contributed by atoms with Crippen LogP contribution in [0.3, 0.4) is 0 Å². The van der Waals surface area contributed by atoms with Gasteiger partial charge in [-0.15, -0.1) is 11.6 Å². The Morgan fingerprint density at radius 2 is 1.90 bits per heavy atom. The molecular weight excluding hydrogens is 306 g/mol. The van der Waals surface area contributed by atoms with Gasteiger partial charge in [-0.25, -0.2) is 8.42 Å². The second-order valence-corrected chi connectivity index (χ2v) is 8.30. The Bertz CT molecular complexity index is 611. The molecule has 0 spiro atoms. The fourth-order valence-electron chi connectivity index (χ4n) is 3.23. The first-order valence-corrected chi connectivity index (χ1v) is 9.80. The van der Waals surface area contributed by atoms with Gasteiger partial charge in [0.15, 0.2) is 0 Å². The number of hydrogen-bond donors (Lipinski definition) is 0. The van der Waals surface area contributed by atoms with Crippen molar-refractivity contribution in [2.45, 2.75) is 55.9 Å². The zero-order valence-corrected chi connectivity index (χ0v) is 13.8. The van der Waals surface area contributed by atoms with Crippen molar-refractivity contribution in [3.05, 3.63) is 29.3 Å². The van der Waals surface area contributed by atoms with Crippen molar-refractivity contribution in [3.63, 3.8) is 0 Å². The van der Waals surface area contributed by atoms with E-state index in [1.165, 1.54) is 11.1 Å². The van der Waals surface area contributed by atoms with E-state index in [0.717, 1.165) is 38.5 Å². The molecule has 2 aliphatic carbocycles. The summed E-state index contributed by atoms with van der Waals surface area (Å²) < 4.78 is 27.6. The van der Waals surface area contributed by atoms with Crippen LogP contribution in [0.15, 0.2) is 23.1 Å². The molecule has 0 bridgehead atoms. The minimum atomic E-state index is -3.38. The minimum absolute atomic E-state index is 0.173. The first-order chi connectivity index (χ1) is 10.1. The summed E-state index contributed by atoms with van der Waals surface area (Å²) in [6, 6.07) is 5.84. The van der Waals surface area contributed by atoms with E-state index in [-0.39, 0.29) is 6.04 Å². The van der Waals surface area contributed by atoms with Gasteiger partial charge in [0.05, 0.1) is 4.90 Å². The Morgan fingerprint density at radius 1 is 1.14 bits per heavy atom. The number of nitrogens with zero attached hydrogens (tertiary/aromatic N) is 1. The largest absolute Gasteiger partial charge is 0.243 e. The molecule has 0 atom stereocenters. The molecule has 5 heteroatoms. The van der Waals surface area contributed by atoms with Gasteiger partial charge in [0.1, 0.15) is 0 Å². The lowest BCUT2D eigenvalue weighted by atomic mass is 9.93. The number of aryl methyl sites for hydroxylation is 2. The van der Waals surface area contributed by atoms with Gasteiger partial charge in [-0.1, -0.05) is 12.5 Å². The highest BCUT2D eigenvalue weighted by Gasteiger charge is 2.34. The van der Waals surface area contributed by atoms with Gasteiger partial charge >= 0.3 is 0 Å².